The van der Waals surface area contributed by atoms with Crippen LogP contribution in [-0.2, 0) is 9.47 Å². The van der Waals surface area contributed by atoms with E-state index in [2.05, 4.69) is 10.2 Å². The molecule has 1 amide bonds. The second-order valence-electron chi connectivity index (χ2n) is 6.90. The van der Waals surface area contributed by atoms with E-state index in [1.165, 1.54) is 0 Å². The summed E-state index contributed by atoms with van der Waals surface area (Å²) in [6.45, 7) is 8.02. The largest absolute Gasteiger partial charge is 0.444 e. The molecule has 2 heterocycles. The number of amides is 1. The highest BCUT2D eigenvalue weighted by Crippen LogP contribution is 2.22. The van der Waals surface area contributed by atoms with Gasteiger partial charge in [-0.05, 0) is 40.0 Å². The first kappa shape index (κ1) is 16.5. The Morgan fingerprint density at radius 2 is 1.95 bits per heavy atom. The van der Waals surface area contributed by atoms with E-state index >= 15 is 0 Å². The fourth-order valence-corrected chi connectivity index (χ4v) is 2.95. The average molecular weight is 302 g/mol. The summed E-state index contributed by atoms with van der Waals surface area (Å²) < 4.78 is 24.3. The minimum atomic E-state index is -0.894. The Kier molecular flexibility index (Phi) is 5.43. The van der Waals surface area contributed by atoms with Crippen LogP contribution in [0.3, 0.4) is 0 Å². The maximum Gasteiger partial charge on any atom is 0.407 e. The summed E-state index contributed by atoms with van der Waals surface area (Å²) in [6, 6.07) is 0.0928. The molecule has 0 bridgehead atoms. The molecule has 2 aliphatic rings. The maximum atomic E-state index is 13.9. The predicted octanol–water partition coefficient (Wildman–Crippen LogP) is 2.10. The minimum absolute atomic E-state index is 0.0266. The van der Waals surface area contributed by atoms with E-state index < -0.39 is 11.8 Å². The second kappa shape index (κ2) is 6.92. The van der Waals surface area contributed by atoms with Crippen molar-refractivity contribution >= 4 is 6.09 Å². The summed E-state index contributed by atoms with van der Waals surface area (Å²) >= 11 is 0. The fraction of sp³-hybridized carbons (Fsp3) is 0.933. The molecule has 2 saturated heterocycles. The molecule has 6 heteroatoms. The number of hydrogen-bond donors (Lipinski definition) is 1. The van der Waals surface area contributed by atoms with Gasteiger partial charge < -0.3 is 14.8 Å². The molecule has 2 rings (SSSR count). The molecule has 0 aromatic carbocycles. The molecule has 1 N–H and O–H groups in total. The van der Waals surface area contributed by atoms with Gasteiger partial charge in [0.1, 0.15) is 11.8 Å². The molecule has 21 heavy (non-hydrogen) atoms. The van der Waals surface area contributed by atoms with Crippen LogP contribution in [-0.4, -0.2) is 61.2 Å². The number of rotatable bonds is 2. The summed E-state index contributed by atoms with van der Waals surface area (Å²) in [6.07, 6.45) is 1.17. The van der Waals surface area contributed by atoms with Gasteiger partial charge in [0.15, 0.2) is 0 Å². The molecule has 122 valence electrons. The molecule has 2 aliphatic heterocycles. The van der Waals surface area contributed by atoms with Crippen molar-refractivity contribution in [3.63, 3.8) is 0 Å². The van der Waals surface area contributed by atoms with Crippen LogP contribution in [0.15, 0.2) is 0 Å². The summed E-state index contributed by atoms with van der Waals surface area (Å²) in [5, 5.41) is 2.90. The molecule has 2 atom stereocenters. The molecule has 0 saturated carbocycles. The monoisotopic (exact) mass is 302 g/mol. The van der Waals surface area contributed by atoms with Crippen molar-refractivity contribution in [3.05, 3.63) is 0 Å². The SMILES string of the molecule is CC(C)(C)OC(=O)NC1CCN([C@H]2CCOC[C@H]2F)CC1. The van der Waals surface area contributed by atoms with Crippen LogP contribution in [0.25, 0.3) is 0 Å². The maximum absolute atomic E-state index is 13.9. The normalized spacial score (nSPS) is 29.1. The van der Waals surface area contributed by atoms with Crippen molar-refractivity contribution in [2.75, 3.05) is 26.3 Å². The van der Waals surface area contributed by atoms with Crippen LogP contribution in [0.1, 0.15) is 40.0 Å². The van der Waals surface area contributed by atoms with E-state index in [0.29, 0.717) is 6.61 Å². The van der Waals surface area contributed by atoms with Crippen LogP contribution in [0.2, 0.25) is 0 Å². The van der Waals surface area contributed by atoms with E-state index in [1.807, 2.05) is 20.8 Å². The lowest BCUT2D eigenvalue weighted by Gasteiger charge is -2.40. The zero-order valence-electron chi connectivity index (χ0n) is 13.2. The number of ether oxygens (including phenoxy) is 2. The highest BCUT2D eigenvalue weighted by Gasteiger charge is 2.33. The molecule has 0 aromatic heterocycles. The molecular weight excluding hydrogens is 275 g/mol. The Morgan fingerprint density at radius 1 is 1.29 bits per heavy atom. The van der Waals surface area contributed by atoms with Gasteiger partial charge in [0.2, 0.25) is 0 Å². The van der Waals surface area contributed by atoms with Gasteiger partial charge in [0.05, 0.1) is 6.61 Å². The van der Waals surface area contributed by atoms with Gasteiger partial charge in [-0.2, -0.15) is 0 Å². The van der Waals surface area contributed by atoms with Crippen LogP contribution >= 0.6 is 0 Å². The van der Waals surface area contributed by atoms with Crippen LogP contribution in [0.5, 0.6) is 0 Å². The number of carbonyl (C=O) groups is 1. The van der Waals surface area contributed by atoms with E-state index in [4.69, 9.17) is 9.47 Å². The molecule has 5 nitrogen and oxygen atoms in total. The van der Waals surface area contributed by atoms with Crippen LogP contribution in [0.4, 0.5) is 9.18 Å². The van der Waals surface area contributed by atoms with Gasteiger partial charge in [-0.1, -0.05) is 0 Å². The molecular formula is C15H27FN2O3. The third-order valence-electron chi connectivity index (χ3n) is 3.97. The van der Waals surface area contributed by atoms with Crippen molar-refractivity contribution in [2.45, 2.75) is 63.9 Å². The fourth-order valence-electron chi connectivity index (χ4n) is 2.95. The number of nitrogens with one attached hydrogen (secondary N) is 1. The Balaban J connectivity index is 1.74. The van der Waals surface area contributed by atoms with Crippen molar-refractivity contribution in [2.24, 2.45) is 0 Å². The van der Waals surface area contributed by atoms with Gasteiger partial charge in [-0.15, -0.1) is 0 Å². The van der Waals surface area contributed by atoms with Crippen LogP contribution < -0.4 is 5.32 Å². The van der Waals surface area contributed by atoms with Gasteiger partial charge in [0, 0.05) is 31.8 Å². The number of hydrogen-bond acceptors (Lipinski definition) is 4. The molecule has 2 fully saturated rings. The zero-order chi connectivity index (χ0) is 15.5. The van der Waals surface area contributed by atoms with Crippen molar-refractivity contribution in [1.82, 2.24) is 10.2 Å². The summed E-state index contributed by atoms with van der Waals surface area (Å²) in [4.78, 5) is 13.9. The quantitative estimate of drug-likeness (QED) is 0.849. The Hall–Kier alpha value is -0.880. The first-order chi connectivity index (χ1) is 9.85. The van der Waals surface area contributed by atoms with Crippen molar-refractivity contribution < 1.29 is 18.7 Å². The van der Waals surface area contributed by atoms with Gasteiger partial charge in [0.25, 0.3) is 0 Å². The number of halogens is 1. The number of piperidine rings is 1. The topological polar surface area (TPSA) is 50.8 Å². The lowest BCUT2D eigenvalue weighted by Crippen LogP contribution is -2.53. The number of alkyl carbamates (subject to hydrolysis) is 1. The molecule has 0 radical (unpaired) electrons. The van der Waals surface area contributed by atoms with Crippen molar-refractivity contribution in [3.8, 4) is 0 Å². The summed E-state index contributed by atoms with van der Waals surface area (Å²) in [7, 11) is 0. The third kappa shape index (κ3) is 5.11. The highest BCUT2D eigenvalue weighted by molar-refractivity contribution is 5.68. The van der Waals surface area contributed by atoms with Gasteiger partial charge >= 0.3 is 6.09 Å². The summed E-state index contributed by atoms with van der Waals surface area (Å²) in [5.74, 6) is 0. The second-order valence-corrected chi connectivity index (χ2v) is 6.90. The number of likely N-dealkylation sites (tertiary alicyclic amines) is 1. The Labute approximate surface area is 126 Å². The lowest BCUT2D eigenvalue weighted by molar-refractivity contribution is -0.0348. The summed E-state index contributed by atoms with van der Waals surface area (Å²) in [5.41, 5.74) is -0.478. The first-order valence-corrected chi connectivity index (χ1v) is 7.80. The van der Waals surface area contributed by atoms with Gasteiger partial charge in [-0.3, -0.25) is 4.90 Å². The highest BCUT2D eigenvalue weighted by atomic mass is 19.1. The molecule has 0 aliphatic carbocycles. The number of carbonyl (C=O) groups excluding carboxylic acids is 1. The van der Waals surface area contributed by atoms with Crippen molar-refractivity contribution in [1.29, 1.82) is 0 Å². The predicted molar refractivity (Wildman–Crippen MR) is 78.1 cm³/mol. The van der Waals surface area contributed by atoms with E-state index in [-0.39, 0.29) is 24.8 Å². The number of nitrogens with zero attached hydrogens (tertiary/aromatic N) is 1. The van der Waals surface area contributed by atoms with Crippen LogP contribution in [0, 0.1) is 0 Å². The van der Waals surface area contributed by atoms with Gasteiger partial charge in [-0.25, -0.2) is 9.18 Å². The van der Waals surface area contributed by atoms with E-state index in [0.717, 1.165) is 32.4 Å². The standard InChI is InChI=1S/C15H27FN2O3/c1-15(2,3)21-14(19)17-11-4-7-18(8-5-11)13-6-9-20-10-12(13)16/h11-13H,4-10H2,1-3H3,(H,17,19)/t12-,13+/m1/s1. The average Bonchev–Trinajstić information content (AvgIpc) is 2.38. The molecule has 0 spiro atoms. The minimum Gasteiger partial charge on any atom is -0.444 e. The molecule has 0 aromatic rings. The van der Waals surface area contributed by atoms with E-state index in [1.54, 1.807) is 0 Å². The molecule has 0 unspecified atom stereocenters. The lowest BCUT2D eigenvalue weighted by atomic mass is 9.99. The number of alkyl halides is 1. The smallest absolute Gasteiger partial charge is 0.407 e. The first-order valence-electron chi connectivity index (χ1n) is 7.80. The zero-order valence-corrected chi connectivity index (χ0v) is 13.2. The Morgan fingerprint density at radius 3 is 2.52 bits per heavy atom. The third-order valence-corrected chi connectivity index (χ3v) is 3.97. The Bertz CT molecular complexity index is 351. The van der Waals surface area contributed by atoms with E-state index in [9.17, 15) is 9.18 Å².